The van der Waals surface area contributed by atoms with Gasteiger partial charge in [-0.1, -0.05) is 42.5 Å². The minimum absolute atomic E-state index is 0.0579. The molecule has 23 heavy (non-hydrogen) atoms. The topological polar surface area (TPSA) is 63.3 Å². The molecule has 4 rings (SSSR count). The Labute approximate surface area is 136 Å². The molecule has 0 spiro atoms. The molecule has 6 heteroatoms. The first-order valence-corrected chi connectivity index (χ1v) is 7.29. The van der Waals surface area contributed by atoms with E-state index in [1.807, 2.05) is 36.4 Å². The Balaban J connectivity index is 0.000000183. The maximum Gasteiger partial charge on any atom is 0.325 e. The predicted octanol–water partition coefficient (Wildman–Crippen LogP) is 3.82. The van der Waals surface area contributed by atoms with Gasteiger partial charge in [0.05, 0.1) is 0 Å². The number of aliphatic carboxylic acids is 1. The summed E-state index contributed by atoms with van der Waals surface area (Å²) in [4.78, 5) is 14.7. The number of halogens is 1. The Hall–Kier alpha value is -2.60. The van der Waals surface area contributed by atoms with E-state index in [0.717, 1.165) is 16.0 Å². The summed E-state index contributed by atoms with van der Waals surface area (Å²) in [5.41, 5.74) is 1.49. The van der Waals surface area contributed by atoms with Gasteiger partial charge in [-0.05, 0) is 11.3 Å². The van der Waals surface area contributed by atoms with Crippen molar-refractivity contribution in [3.05, 3.63) is 76.9 Å². The molecule has 0 saturated carbocycles. The quantitative estimate of drug-likeness (QED) is 0.561. The maximum atomic E-state index is 12.0. The van der Waals surface area contributed by atoms with Crippen LogP contribution in [0, 0.1) is 16.3 Å². The molecule has 1 aromatic carbocycles. The molecule has 116 valence electrons. The van der Waals surface area contributed by atoms with Gasteiger partial charge in [-0.3, -0.25) is 4.79 Å². The first-order valence-electron chi connectivity index (χ1n) is 6.78. The molecule has 0 radical (unpaired) electrons. The van der Waals surface area contributed by atoms with Crippen LogP contribution < -0.4 is 0 Å². The summed E-state index contributed by atoms with van der Waals surface area (Å²) >= 11 is 3.88. The van der Waals surface area contributed by atoms with E-state index in [4.69, 9.17) is 9.52 Å². The van der Waals surface area contributed by atoms with Crippen LogP contribution >= 0.6 is 12.6 Å². The van der Waals surface area contributed by atoms with Crippen molar-refractivity contribution in [3.63, 3.8) is 0 Å². The number of thiol groups is 1. The molecule has 0 fully saturated rings. The third-order valence-electron chi connectivity index (χ3n) is 3.34. The standard InChI is InChI=1S/C11H9NO3S.C6H3F/c13-11(14)9(16)10-12-8(6-15-10)7-4-2-1-3-5-7;7-6-3-4-1-2-5(4)6/h1-6,9,16H,(H,13,14);1-3H. The van der Waals surface area contributed by atoms with Crippen LogP contribution in [0.1, 0.15) is 11.1 Å². The molecule has 4 nitrogen and oxygen atoms in total. The fourth-order valence-corrected chi connectivity index (χ4v) is 2.12. The van der Waals surface area contributed by atoms with Gasteiger partial charge in [-0.2, -0.15) is 12.6 Å². The average Bonchev–Trinajstić information content (AvgIpc) is 3.02. The van der Waals surface area contributed by atoms with E-state index >= 15 is 0 Å². The summed E-state index contributed by atoms with van der Waals surface area (Å²) in [6, 6.07) is 14.6. The van der Waals surface area contributed by atoms with Gasteiger partial charge in [-0.25, -0.2) is 9.37 Å². The number of carboxylic acid groups (broad SMARTS) is 1. The van der Waals surface area contributed by atoms with Gasteiger partial charge in [0.2, 0.25) is 5.89 Å². The normalized spacial score (nSPS) is 12.1. The Morgan fingerprint density at radius 2 is 1.96 bits per heavy atom. The molecule has 0 aliphatic heterocycles. The van der Waals surface area contributed by atoms with Crippen LogP contribution in [0.15, 0.2) is 59.2 Å². The van der Waals surface area contributed by atoms with E-state index in [9.17, 15) is 9.18 Å². The summed E-state index contributed by atoms with van der Waals surface area (Å²) in [6.45, 7) is 0. The van der Waals surface area contributed by atoms with Crippen LogP contribution in [-0.4, -0.2) is 16.1 Å². The Bertz CT molecular complexity index is 940. The smallest absolute Gasteiger partial charge is 0.325 e. The largest absolute Gasteiger partial charge is 0.480 e. The highest BCUT2D eigenvalue weighted by molar-refractivity contribution is 7.81. The van der Waals surface area contributed by atoms with Gasteiger partial charge in [0.1, 0.15) is 17.8 Å². The molecule has 2 aliphatic rings. The van der Waals surface area contributed by atoms with E-state index < -0.39 is 11.2 Å². The summed E-state index contributed by atoms with van der Waals surface area (Å²) in [5.74, 6) is -1.04. The number of hydrogen-bond donors (Lipinski definition) is 2. The van der Waals surface area contributed by atoms with Crippen molar-refractivity contribution in [2.75, 3.05) is 0 Å². The van der Waals surface area contributed by atoms with Crippen molar-refractivity contribution in [2.45, 2.75) is 5.25 Å². The van der Waals surface area contributed by atoms with Gasteiger partial charge < -0.3 is 9.52 Å². The maximum absolute atomic E-state index is 12.0. The first kappa shape index (κ1) is 15.3. The van der Waals surface area contributed by atoms with Crippen LogP contribution in [0.4, 0.5) is 4.39 Å². The molecule has 1 aromatic heterocycles. The zero-order chi connectivity index (χ0) is 16.4. The van der Waals surface area contributed by atoms with E-state index in [1.54, 1.807) is 6.07 Å². The summed E-state index contributed by atoms with van der Waals surface area (Å²) in [5, 5.41) is 9.58. The number of hydrogen-bond acceptors (Lipinski definition) is 4. The van der Waals surface area contributed by atoms with E-state index in [1.165, 1.54) is 12.3 Å². The van der Waals surface area contributed by atoms with Crippen molar-refractivity contribution in [2.24, 2.45) is 0 Å². The highest BCUT2D eigenvalue weighted by Crippen LogP contribution is 2.24. The zero-order valence-corrected chi connectivity index (χ0v) is 12.7. The van der Waals surface area contributed by atoms with Gasteiger partial charge in [0, 0.05) is 10.8 Å². The Kier molecular flexibility index (Phi) is 4.16. The first-order chi connectivity index (χ1) is 11.1. The Morgan fingerprint density at radius 3 is 2.39 bits per heavy atom. The highest BCUT2D eigenvalue weighted by atomic mass is 32.1. The third-order valence-corrected chi connectivity index (χ3v) is 3.78. The van der Waals surface area contributed by atoms with Gasteiger partial charge in [0.25, 0.3) is 0 Å². The summed E-state index contributed by atoms with van der Waals surface area (Å²) < 4.78 is 17.0. The predicted molar refractivity (Wildman–Crippen MR) is 85.4 cm³/mol. The van der Waals surface area contributed by atoms with Crippen LogP contribution in [-0.2, 0) is 4.79 Å². The summed E-state index contributed by atoms with van der Waals surface area (Å²) in [6.07, 6.45) is 1.43. The molecule has 0 saturated heterocycles. The number of rotatable bonds is 3. The fraction of sp³-hybridized carbons (Fsp3) is 0.0588. The van der Waals surface area contributed by atoms with Gasteiger partial charge in [-0.15, -0.1) is 0 Å². The summed E-state index contributed by atoms with van der Waals surface area (Å²) in [7, 11) is 0. The van der Waals surface area contributed by atoms with Crippen molar-refractivity contribution in [1.29, 1.82) is 0 Å². The molecule has 0 bridgehead atoms. The molecule has 0 amide bonds. The Morgan fingerprint density at radius 1 is 1.22 bits per heavy atom. The molecular formula is C17H12FNO3S. The molecule has 2 aliphatic carbocycles. The minimum Gasteiger partial charge on any atom is -0.480 e. The lowest BCUT2D eigenvalue weighted by Gasteiger charge is -2.00. The second kappa shape index (κ2) is 6.26. The molecule has 1 atom stereocenters. The lowest BCUT2D eigenvalue weighted by atomic mass is 10.1. The second-order valence-corrected chi connectivity index (χ2v) is 5.39. The highest BCUT2D eigenvalue weighted by Gasteiger charge is 2.20. The SMILES string of the molecule is Fc1cc2ccc1=2.O=C(O)C(S)c1nc(-c2ccccc2)co1. The van der Waals surface area contributed by atoms with Crippen molar-refractivity contribution in [1.82, 2.24) is 4.98 Å². The number of benzene rings is 2. The molecular weight excluding hydrogens is 317 g/mol. The number of carbonyl (C=O) groups is 1. The van der Waals surface area contributed by atoms with E-state index in [0.29, 0.717) is 5.69 Å². The lowest BCUT2D eigenvalue weighted by molar-refractivity contribution is -0.136. The van der Waals surface area contributed by atoms with Crippen molar-refractivity contribution in [3.8, 4) is 11.3 Å². The van der Waals surface area contributed by atoms with E-state index in [2.05, 4.69) is 17.6 Å². The zero-order valence-electron chi connectivity index (χ0n) is 11.8. The van der Waals surface area contributed by atoms with Crippen LogP contribution in [0.2, 0.25) is 0 Å². The molecule has 1 heterocycles. The van der Waals surface area contributed by atoms with Gasteiger partial charge in [0.15, 0.2) is 5.25 Å². The minimum atomic E-state index is -1.08. The number of aromatic nitrogens is 1. The fourth-order valence-electron chi connectivity index (χ4n) is 2.00. The number of carboxylic acids is 1. The third kappa shape index (κ3) is 3.12. The number of nitrogens with zero attached hydrogens (tertiary/aromatic N) is 1. The monoisotopic (exact) mass is 329 g/mol. The molecule has 2 aromatic rings. The van der Waals surface area contributed by atoms with Crippen LogP contribution in [0.3, 0.4) is 0 Å². The lowest BCUT2D eigenvalue weighted by Crippen LogP contribution is -2.05. The average molecular weight is 329 g/mol. The molecule has 1 unspecified atom stereocenters. The van der Waals surface area contributed by atoms with Crippen LogP contribution in [0.5, 0.6) is 0 Å². The number of oxazole rings is 1. The second-order valence-electron chi connectivity index (χ2n) is 4.87. The molecule has 1 N–H and O–H groups in total. The van der Waals surface area contributed by atoms with Crippen molar-refractivity contribution < 1.29 is 18.7 Å². The van der Waals surface area contributed by atoms with Crippen molar-refractivity contribution >= 4 is 18.6 Å². The van der Waals surface area contributed by atoms with E-state index in [-0.39, 0.29) is 11.7 Å². The van der Waals surface area contributed by atoms with Crippen LogP contribution in [0.25, 0.3) is 11.3 Å². The van der Waals surface area contributed by atoms with Gasteiger partial charge >= 0.3 is 5.97 Å².